The third-order valence-corrected chi connectivity index (χ3v) is 4.56. The number of fused-ring (bicyclic) bond motifs is 2. The molecule has 1 aromatic carbocycles. The van der Waals surface area contributed by atoms with Crippen molar-refractivity contribution >= 4 is 11.0 Å². The minimum absolute atomic E-state index is 0.140. The van der Waals surface area contributed by atoms with E-state index in [2.05, 4.69) is 41.1 Å². The Morgan fingerprint density at radius 3 is 3.09 bits per heavy atom. The number of hydrogen-bond acceptors (Lipinski definition) is 4. The molecule has 0 radical (unpaired) electrons. The molecule has 1 aliphatic rings. The number of hydrogen-bond donors (Lipinski definition) is 1. The van der Waals surface area contributed by atoms with Crippen molar-refractivity contribution < 1.29 is 4.42 Å². The van der Waals surface area contributed by atoms with Crippen LogP contribution in [-0.2, 0) is 13.0 Å². The molecule has 3 heterocycles. The van der Waals surface area contributed by atoms with Crippen molar-refractivity contribution in [3.05, 3.63) is 47.7 Å². The van der Waals surface area contributed by atoms with Crippen LogP contribution in [0.3, 0.4) is 0 Å². The summed E-state index contributed by atoms with van der Waals surface area (Å²) in [5, 5.41) is 9.40. The Morgan fingerprint density at radius 1 is 1.39 bits per heavy atom. The molecule has 2 atom stereocenters. The molecule has 1 aliphatic heterocycles. The lowest BCUT2D eigenvalue weighted by atomic mass is 10.1. The predicted molar refractivity (Wildman–Crippen MR) is 89.1 cm³/mol. The van der Waals surface area contributed by atoms with Crippen molar-refractivity contribution in [1.82, 2.24) is 20.1 Å². The Balaban J connectivity index is 1.57. The predicted octanol–water partition coefficient (Wildman–Crippen LogP) is 3.77. The van der Waals surface area contributed by atoms with Gasteiger partial charge in [-0.3, -0.25) is 5.32 Å². The first kappa shape index (κ1) is 14.5. The fraction of sp³-hybridized carbons (Fsp3) is 0.444. The minimum atomic E-state index is 0.140. The van der Waals surface area contributed by atoms with Gasteiger partial charge in [0.05, 0.1) is 12.1 Å². The lowest BCUT2D eigenvalue weighted by molar-refractivity contribution is 0.326. The third kappa shape index (κ3) is 2.65. The summed E-state index contributed by atoms with van der Waals surface area (Å²) in [6.45, 7) is 5.22. The summed E-state index contributed by atoms with van der Waals surface area (Å²) < 4.78 is 8.04. The van der Waals surface area contributed by atoms with Gasteiger partial charge in [-0.15, -0.1) is 0 Å². The third-order valence-electron chi connectivity index (χ3n) is 4.56. The van der Waals surface area contributed by atoms with E-state index < -0.39 is 0 Å². The molecule has 0 spiro atoms. The van der Waals surface area contributed by atoms with Gasteiger partial charge in [0.25, 0.3) is 0 Å². The van der Waals surface area contributed by atoms with Gasteiger partial charge < -0.3 is 4.42 Å². The monoisotopic (exact) mass is 310 g/mol. The van der Waals surface area contributed by atoms with Crippen LogP contribution in [0.15, 0.2) is 34.7 Å². The van der Waals surface area contributed by atoms with Crippen molar-refractivity contribution in [3.63, 3.8) is 0 Å². The Labute approximate surface area is 135 Å². The Bertz CT molecular complexity index is 786. The van der Waals surface area contributed by atoms with Gasteiger partial charge in [-0.25, -0.2) is 9.67 Å². The highest BCUT2D eigenvalue weighted by Gasteiger charge is 2.26. The van der Waals surface area contributed by atoms with Crippen molar-refractivity contribution in [2.45, 2.75) is 51.7 Å². The Hall–Kier alpha value is -2.14. The number of rotatable bonds is 4. The van der Waals surface area contributed by atoms with Crippen LogP contribution < -0.4 is 5.32 Å². The number of nitrogens with zero attached hydrogens (tertiary/aromatic N) is 3. The van der Waals surface area contributed by atoms with E-state index in [1.807, 2.05) is 18.2 Å². The number of aryl methyl sites for hydroxylation is 2. The van der Waals surface area contributed by atoms with E-state index in [1.165, 1.54) is 0 Å². The lowest BCUT2D eigenvalue weighted by Gasteiger charge is -2.25. The molecule has 0 aliphatic carbocycles. The molecule has 5 nitrogen and oxygen atoms in total. The van der Waals surface area contributed by atoms with Gasteiger partial charge in [0.15, 0.2) is 5.82 Å². The minimum Gasteiger partial charge on any atom is -0.459 e. The molecular weight excluding hydrogens is 288 g/mol. The van der Waals surface area contributed by atoms with E-state index in [0.29, 0.717) is 0 Å². The molecular formula is C18H22N4O. The molecule has 0 saturated carbocycles. The molecule has 0 bridgehead atoms. The first-order valence-electron chi connectivity index (χ1n) is 8.42. The van der Waals surface area contributed by atoms with Crippen LogP contribution in [0.1, 0.15) is 56.2 Å². The maximum atomic E-state index is 5.98. The molecule has 23 heavy (non-hydrogen) atoms. The molecule has 4 rings (SSSR count). The average Bonchev–Trinajstić information content (AvgIpc) is 3.19. The number of para-hydroxylation sites is 1. The zero-order valence-electron chi connectivity index (χ0n) is 13.6. The molecule has 120 valence electrons. The smallest absolute Gasteiger partial charge is 0.150 e. The van der Waals surface area contributed by atoms with Gasteiger partial charge in [-0.2, -0.15) is 5.10 Å². The van der Waals surface area contributed by atoms with Gasteiger partial charge in [0.2, 0.25) is 0 Å². The highest BCUT2D eigenvalue weighted by atomic mass is 16.3. The number of furan rings is 1. The molecule has 1 N–H and O–H groups in total. The highest BCUT2D eigenvalue weighted by Crippen LogP contribution is 2.29. The second kappa shape index (κ2) is 5.81. The summed E-state index contributed by atoms with van der Waals surface area (Å²) in [5.74, 6) is 2.97. The van der Waals surface area contributed by atoms with Crippen LogP contribution in [0, 0.1) is 0 Å². The molecule has 0 amide bonds. The topological polar surface area (TPSA) is 55.9 Å². The van der Waals surface area contributed by atoms with E-state index >= 15 is 0 Å². The standard InChI is InChI=1S/C18H22N4O/c1-3-17-20-18-14(8-6-10-22(18)21-17)19-12(2)16-11-13-7-4-5-9-15(13)23-16/h4-5,7,9,11-12,14,19H,3,6,8,10H2,1-2H3/t12-,14-/m1/s1. The second-order valence-corrected chi connectivity index (χ2v) is 6.23. The van der Waals surface area contributed by atoms with Crippen LogP contribution in [-0.4, -0.2) is 14.8 Å². The summed E-state index contributed by atoms with van der Waals surface area (Å²) in [7, 11) is 0. The molecule has 0 unspecified atom stereocenters. The average molecular weight is 310 g/mol. The molecule has 0 fully saturated rings. The highest BCUT2D eigenvalue weighted by molar-refractivity contribution is 5.77. The van der Waals surface area contributed by atoms with Crippen molar-refractivity contribution in [1.29, 1.82) is 0 Å². The maximum absolute atomic E-state index is 5.98. The van der Waals surface area contributed by atoms with Crippen molar-refractivity contribution in [2.24, 2.45) is 0 Å². The lowest BCUT2D eigenvalue weighted by Crippen LogP contribution is -2.30. The maximum Gasteiger partial charge on any atom is 0.150 e. The van der Waals surface area contributed by atoms with Crippen LogP contribution in [0.25, 0.3) is 11.0 Å². The normalized spacial score (nSPS) is 19.0. The van der Waals surface area contributed by atoms with Crippen LogP contribution in [0.5, 0.6) is 0 Å². The molecule has 2 aromatic heterocycles. The molecule has 0 saturated heterocycles. The van der Waals surface area contributed by atoms with Gasteiger partial charge in [-0.1, -0.05) is 25.1 Å². The number of benzene rings is 1. The summed E-state index contributed by atoms with van der Waals surface area (Å²) >= 11 is 0. The van der Waals surface area contributed by atoms with Gasteiger partial charge in [0.1, 0.15) is 17.2 Å². The Kier molecular flexibility index (Phi) is 3.65. The summed E-state index contributed by atoms with van der Waals surface area (Å²) in [6, 6.07) is 10.6. The van der Waals surface area contributed by atoms with E-state index in [9.17, 15) is 0 Å². The van der Waals surface area contributed by atoms with E-state index in [4.69, 9.17) is 9.40 Å². The van der Waals surface area contributed by atoms with Crippen LogP contribution >= 0.6 is 0 Å². The van der Waals surface area contributed by atoms with Crippen LogP contribution in [0.4, 0.5) is 0 Å². The number of nitrogens with one attached hydrogen (secondary N) is 1. The number of aromatic nitrogens is 3. The fourth-order valence-electron chi connectivity index (χ4n) is 3.31. The second-order valence-electron chi connectivity index (χ2n) is 6.23. The van der Waals surface area contributed by atoms with E-state index in [1.54, 1.807) is 0 Å². The first-order valence-corrected chi connectivity index (χ1v) is 8.42. The summed E-state index contributed by atoms with van der Waals surface area (Å²) in [6.07, 6.45) is 3.10. The fourth-order valence-corrected chi connectivity index (χ4v) is 3.31. The molecule has 5 heteroatoms. The molecule has 3 aromatic rings. The van der Waals surface area contributed by atoms with Gasteiger partial charge in [-0.05, 0) is 31.9 Å². The largest absolute Gasteiger partial charge is 0.459 e. The van der Waals surface area contributed by atoms with Crippen molar-refractivity contribution in [3.8, 4) is 0 Å². The SMILES string of the molecule is CCc1nc2n(n1)CCC[C@H]2N[C@H](C)c1cc2ccccc2o1. The van der Waals surface area contributed by atoms with Crippen LogP contribution in [0.2, 0.25) is 0 Å². The van der Waals surface area contributed by atoms with E-state index in [-0.39, 0.29) is 12.1 Å². The van der Waals surface area contributed by atoms with E-state index in [0.717, 1.165) is 54.2 Å². The summed E-state index contributed by atoms with van der Waals surface area (Å²) in [4.78, 5) is 4.70. The summed E-state index contributed by atoms with van der Waals surface area (Å²) in [5.41, 5.74) is 0.941. The quantitative estimate of drug-likeness (QED) is 0.797. The van der Waals surface area contributed by atoms with Gasteiger partial charge in [0, 0.05) is 18.4 Å². The first-order chi connectivity index (χ1) is 11.2. The Morgan fingerprint density at radius 2 is 2.26 bits per heavy atom. The zero-order valence-corrected chi connectivity index (χ0v) is 13.6. The van der Waals surface area contributed by atoms with Crippen molar-refractivity contribution in [2.75, 3.05) is 0 Å². The van der Waals surface area contributed by atoms with Gasteiger partial charge >= 0.3 is 0 Å². The zero-order chi connectivity index (χ0) is 15.8.